The van der Waals surface area contributed by atoms with E-state index in [1.807, 2.05) is 43.3 Å². The van der Waals surface area contributed by atoms with Crippen LogP contribution in [0.4, 0.5) is 5.69 Å². The molecule has 128 valence electrons. The van der Waals surface area contributed by atoms with Crippen molar-refractivity contribution in [2.75, 3.05) is 5.32 Å². The van der Waals surface area contributed by atoms with Crippen LogP contribution in [0.3, 0.4) is 0 Å². The Bertz CT molecular complexity index is 1040. The molecule has 0 radical (unpaired) electrons. The maximum absolute atomic E-state index is 12.5. The highest BCUT2D eigenvalue weighted by atomic mass is 16.1. The molecule has 9 heteroatoms. The lowest BCUT2D eigenvalue weighted by Crippen LogP contribution is -2.12. The van der Waals surface area contributed by atoms with Gasteiger partial charge < -0.3 is 5.32 Å². The summed E-state index contributed by atoms with van der Waals surface area (Å²) in [6.45, 7) is 1.81. The first kappa shape index (κ1) is 15.6. The molecule has 0 aliphatic heterocycles. The molecular weight excluding hydrogens is 332 g/mol. The first-order valence-electron chi connectivity index (χ1n) is 7.82. The van der Waals surface area contributed by atoms with Crippen LogP contribution < -0.4 is 5.32 Å². The lowest BCUT2D eigenvalue weighted by Gasteiger charge is -2.08. The van der Waals surface area contributed by atoms with Gasteiger partial charge in [0.2, 0.25) is 0 Å². The van der Waals surface area contributed by atoms with E-state index in [-0.39, 0.29) is 5.91 Å². The Kier molecular flexibility index (Phi) is 3.94. The van der Waals surface area contributed by atoms with Gasteiger partial charge >= 0.3 is 0 Å². The number of tetrazole rings is 1. The number of aromatic nitrogens is 7. The van der Waals surface area contributed by atoms with Gasteiger partial charge in [-0.25, -0.2) is 0 Å². The molecular formula is C17H14N8O. The quantitative estimate of drug-likeness (QED) is 0.604. The average molecular weight is 346 g/mol. The zero-order chi connectivity index (χ0) is 17.9. The van der Waals surface area contributed by atoms with Crippen molar-refractivity contribution in [3.8, 4) is 11.4 Å². The number of amides is 1. The fourth-order valence-corrected chi connectivity index (χ4v) is 2.51. The number of rotatable bonds is 4. The maximum atomic E-state index is 12.5. The minimum absolute atomic E-state index is 0.203. The van der Waals surface area contributed by atoms with E-state index in [4.69, 9.17) is 0 Å². The number of nitrogens with zero attached hydrogens (tertiary/aromatic N) is 7. The second kappa shape index (κ2) is 6.55. The molecule has 0 aliphatic rings. The maximum Gasteiger partial charge on any atom is 0.255 e. The molecule has 2 heterocycles. The van der Waals surface area contributed by atoms with Crippen molar-refractivity contribution in [1.29, 1.82) is 0 Å². The minimum Gasteiger partial charge on any atom is -0.322 e. The van der Waals surface area contributed by atoms with Gasteiger partial charge in [-0.15, -0.1) is 15.3 Å². The fraction of sp³-hybridized carbons (Fsp3) is 0.0588. The van der Waals surface area contributed by atoms with E-state index in [2.05, 4.69) is 31.0 Å². The van der Waals surface area contributed by atoms with E-state index in [1.54, 1.807) is 34.0 Å². The molecule has 2 aromatic heterocycles. The second-order valence-corrected chi connectivity index (χ2v) is 5.56. The van der Waals surface area contributed by atoms with Gasteiger partial charge in [-0.2, -0.15) is 4.68 Å². The van der Waals surface area contributed by atoms with Crippen LogP contribution in [0.25, 0.3) is 11.4 Å². The Balaban J connectivity index is 1.52. The Morgan fingerprint density at radius 3 is 2.46 bits per heavy atom. The van der Waals surface area contributed by atoms with Crippen molar-refractivity contribution in [2.24, 2.45) is 0 Å². The van der Waals surface area contributed by atoms with Crippen molar-refractivity contribution < 1.29 is 4.79 Å². The molecule has 0 aliphatic carbocycles. The molecule has 0 saturated carbocycles. The van der Waals surface area contributed by atoms with E-state index in [1.165, 1.54) is 0 Å². The number of aryl methyl sites for hydroxylation is 1. The predicted molar refractivity (Wildman–Crippen MR) is 93.2 cm³/mol. The number of anilines is 1. The number of nitrogens with one attached hydrogen (secondary N) is 1. The predicted octanol–water partition coefficient (Wildman–Crippen LogP) is 1.80. The normalized spacial score (nSPS) is 10.7. The van der Waals surface area contributed by atoms with Crippen molar-refractivity contribution in [1.82, 2.24) is 35.0 Å². The van der Waals surface area contributed by atoms with Gasteiger partial charge in [-0.3, -0.25) is 9.36 Å². The van der Waals surface area contributed by atoms with Gasteiger partial charge in [0.05, 0.1) is 5.69 Å². The largest absolute Gasteiger partial charge is 0.322 e. The monoisotopic (exact) mass is 346 g/mol. The fourth-order valence-electron chi connectivity index (χ4n) is 2.51. The van der Waals surface area contributed by atoms with E-state index in [0.29, 0.717) is 17.1 Å². The lowest BCUT2D eigenvalue weighted by atomic mass is 10.2. The first-order valence-corrected chi connectivity index (χ1v) is 7.82. The van der Waals surface area contributed by atoms with E-state index >= 15 is 0 Å². The summed E-state index contributed by atoms with van der Waals surface area (Å²) in [6.07, 6.45) is 3.20. The average Bonchev–Trinajstić information content (AvgIpc) is 3.34. The molecule has 9 nitrogen and oxygen atoms in total. The Labute approximate surface area is 148 Å². The van der Waals surface area contributed by atoms with Gasteiger partial charge in [0.25, 0.3) is 5.91 Å². The summed E-state index contributed by atoms with van der Waals surface area (Å²) in [6, 6.07) is 14.5. The molecule has 26 heavy (non-hydrogen) atoms. The molecule has 0 spiro atoms. The van der Waals surface area contributed by atoms with Crippen LogP contribution >= 0.6 is 0 Å². The highest BCUT2D eigenvalue weighted by Crippen LogP contribution is 2.16. The van der Waals surface area contributed by atoms with Crippen LogP contribution in [0.2, 0.25) is 0 Å². The van der Waals surface area contributed by atoms with Gasteiger partial charge in [0.1, 0.15) is 12.7 Å². The molecule has 4 rings (SSSR count). The minimum atomic E-state index is -0.203. The van der Waals surface area contributed by atoms with Crippen molar-refractivity contribution in [2.45, 2.75) is 6.92 Å². The molecule has 0 unspecified atom stereocenters. The number of benzene rings is 2. The molecule has 0 atom stereocenters. The summed E-state index contributed by atoms with van der Waals surface area (Å²) < 4.78 is 3.36. The third kappa shape index (κ3) is 3.05. The van der Waals surface area contributed by atoms with E-state index in [9.17, 15) is 4.79 Å². The summed E-state index contributed by atoms with van der Waals surface area (Å²) in [5.41, 5.74) is 2.85. The summed E-state index contributed by atoms with van der Waals surface area (Å²) in [5.74, 6) is 0.462. The second-order valence-electron chi connectivity index (χ2n) is 5.56. The van der Waals surface area contributed by atoms with Crippen LogP contribution in [0.5, 0.6) is 0 Å². The molecule has 1 N–H and O–H groups in total. The van der Waals surface area contributed by atoms with Crippen LogP contribution in [0.1, 0.15) is 16.2 Å². The van der Waals surface area contributed by atoms with Gasteiger partial charge in [0.15, 0.2) is 5.82 Å². The van der Waals surface area contributed by atoms with Crippen molar-refractivity contribution in [3.05, 3.63) is 72.6 Å². The summed E-state index contributed by atoms with van der Waals surface area (Å²) >= 11 is 0. The number of hydrogen-bond donors (Lipinski definition) is 1. The summed E-state index contributed by atoms with van der Waals surface area (Å²) in [5, 5.41) is 21.8. The highest BCUT2D eigenvalue weighted by Gasteiger charge is 2.09. The number of carbonyl (C=O) groups is 1. The molecule has 2 aromatic carbocycles. The van der Waals surface area contributed by atoms with Crippen LogP contribution in [0.15, 0.2) is 61.2 Å². The molecule has 1 amide bonds. The van der Waals surface area contributed by atoms with E-state index in [0.717, 1.165) is 11.4 Å². The van der Waals surface area contributed by atoms with Gasteiger partial charge in [-0.1, -0.05) is 6.07 Å². The third-order valence-corrected chi connectivity index (χ3v) is 3.82. The van der Waals surface area contributed by atoms with Crippen molar-refractivity contribution >= 4 is 11.6 Å². The number of carbonyl (C=O) groups excluding carboxylic acids is 1. The van der Waals surface area contributed by atoms with Crippen LogP contribution in [-0.4, -0.2) is 40.9 Å². The van der Waals surface area contributed by atoms with Crippen molar-refractivity contribution in [3.63, 3.8) is 0 Å². The molecule has 0 saturated heterocycles. The summed E-state index contributed by atoms with van der Waals surface area (Å²) in [7, 11) is 0. The molecule has 0 fully saturated rings. The zero-order valence-corrected chi connectivity index (χ0v) is 13.8. The third-order valence-electron chi connectivity index (χ3n) is 3.82. The standard InChI is InChI=1S/C17H14N8O/c1-12-21-22-23-25(12)16-4-2-3-14(9-16)20-17(26)13-5-7-15(8-6-13)24-10-18-19-11-24/h2-11H,1H3,(H,20,26). The SMILES string of the molecule is Cc1nnnn1-c1cccc(NC(=O)c2ccc(-n3cnnc3)cc2)c1. The smallest absolute Gasteiger partial charge is 0.255 e. The first-order chi connectivity index (χ1) is 12.7. The molecule has 0 bridgehead atoms. The Hall–Kier alpha value is -3.88. The van der Waals surface area contributed by atoms with Crippen LogP contribution in [0, 0.1) is 6.92 Å². The Morgan fingerprint density at radius 1 is 1.00 bits per heavy atom. The Morgan fingerprint density at radius 2 is 1.77 bits per heavy atom. The lowest BCUT2D eigenvalue weighted by molar-refractivity contribution is 0.102. The topological polar surface area (TPSA) is 103 Å². The van der Waals surface area contributed by atoms with Gasteiger partial charge in [-0.05, 0) is 59.8 Å². The summed E-state index contributed by atoms with van der Waals surface area (Å²) in [4.78, 5) is 12.5. The highest BCUT2D eigenvalue weighted by molar-refractivity contribution is 6.04. The van der Waals surface area contributed by atoms with E-state index < -0.39 is 0 Å². The van der Waals surface area contributed by atoms with Gasteiger partial charge in [0, 0.05) is 16.9 Å². The number of hydrogen-bond acceptors (Lipinski definition) is 6. The van der Waals surface area contributed by atoms with Crippen LogP contribution in [-0.2, 0) is 0 Å². The zero-order valence-electron chi connectivity index (χ0n) is 13.8. The molecule has 4 aromatic rings.